The van der Waals surface area contributed by atoms with Gasteiger partial charge >= 0.3 is 0 Å². The molecule has 0 N–H and O–H groups in total. The summed E-state index contributed by atoms with van der Waals surface area (Å²) >= 11 is 0. The maximum absolute atomic E-state index is 4.31. The number of fused-ring (bicyclic) bond motifs is 1. The zero-order chi connectivity index (χ0) is 15.0. The second kappa shape index (κ2) is 4.98. The van der Waals surface area contributed by atoms with E-state index in [-0.39, 0.29) is 5.54 Å². The van der Waals surface area contributed by atoms with E-state index in [1.807, 2.05) is 6.21 Å². The van der Waals surface area contributed by atoms with Gasteiger partial charge in [0.25, 0.3) is 0 Å². The summed E-state index contributed by atoms with van der Waals surface area (Å²) in [4.78, 5) is 2.38. The van der Waals surface area contributed by atoms with Crippen molar-refractivity contribution in [2.45, 2.75) is 38.6 Å². The SMILES string of the molecule is CC1CC(C)(C)N(C)c2ccc(/C=N\n3cnnc3)cc21. The fourth-order valence-electron chi connectivity index (χ4n) is 3.06. The van der Waals surface area contributed by atoms with Crippen LogP contribution in [0.3, 0.4) is 0 Å². The highest BCUT2D eigenvalue weighted by atomic mass is 15.4. The van der Waals surface area contributed by atoms with Crippen molar-refractivity contribution in [2.75, 3.05) is 11.9 Å². The molecule has 0 spiro atoms. The number of benzene rings is 1. The minimum Gasteiger partial charge on any atom is -0.369 e. The molecule has 0 bridgehead atoms. The number of nitrogens with zero attached hydrogens (tertiary/aromatic N) is 5. The van der Waals surface area contributed by atoms with Crippen LogP contribution in [0.5, 0.6) is 0 Å². The molecule has 5 heteroatoms. The monoisotopic (exact) mass is 283 g/mol. The summed E-state index contributed by atoms with van der Waals surface area (Å²) in [7, 11) is 2.18. The summed E-state index contributed by atoms with van der Waals surface area (Å²) in [5.41, 5.74) is 4.01. The molecule has 1 aliphatic rings. The van der Waals surface area contributed by atoms with Gasteiger partial charge in [-0.25, -0.2) is 4.68 Å². The number of hydrogen-bond acceptors (Lipinski definition) is 4. The average molecular weight is 283 g/mol. The molecule has 0 aliphatic carbocycles. The topological polar surface area (TPSA) is 46.3 Å². The minimum absolute atomic E-state index is 0.199. The minimum atomic E-state index is 0.199. The number of rotatable bonds is 2. The van der Waals surface area contributed by atoms with Gasteiger partial charge in [-0.05, 0) is 49.4 Å². The maximum atomic E-state index is 4.31. The highest BCUT2D eigenvalue weighted by molar-refractivity contribution is 5.81. The quantitative estimate of drug-likeness (QED) is 0.796. The van der Waals surface area contributed by atoms with Crippen LogP contribution in [-0.2, 0) is 0 Å². The van der Waals surface area contributed by atoms with Gasteiger partial charge in [-0.15, -0.1) is 10.2 Å². The van der Waals surface area contributed by atoms with E-state index in [0.717, 1.165) is 12.0 Å². The van der Waals surface area contributed by atoms with Gasteiger partial charge in [0.1, 0.15) is 12.7 Å². The standard InChI is InChI=1S/C16H21N5/c1-12-8-16(2,3)20(4)15-6-5-13(7-14(12)15)9-19-21-10-17-18-11-21/h5-7,9-12H,8H2,1-4H3/b19-9-. The second-order valence-corrected chi connectivity index (χ2v) is 6.38. The van der Waals surface area contributed by atoms with Crippen molar-refractivity contribution in [3.8, 4) is 0 Å². The van der Waals surface area contributed by atoms with E-state index in [2.05, 4.69) is 66.2 Å². The van der Waals surface area contributed by atoms with E-state index in [4.69, 9.17) is 0 Å². The molecule has 2 heterocycles. The molecular formula is C16H21N5. The Morgan fingerprint density at radius 1 is 1.29 bits per heavy atom. The average Bonchev–Trinajstić information content (AvgIpc) is 2.95. The van der Waals surface area contributed by atoms with Gasteiger partial charge in [0.15, 0.2) is 0 Å². The molecule has 0 saturated carbocycles. The molecule has 3 rings (SSSR count). The van der Waals surface area contributed by atoms with Gasteiger partial charge in [-0.2, -0.15) is 5.10 Å². The fraction of sp³-hybridized carbons (Fsp3) is 0.438. The summed E-state index contributed by atoms with van der Waals surface area (Å²) < 4.78 is 1.60. The molecular weight excluding hydrogens is 262 g/mol. The second-order valence-electron chi connectivity index (χ2n) is 6.38. The Hall–Kier alpha value is -2.17. The number of hydrogen-bond donors (Lipinski definition) is 0. The Kier molecular flexibility index (Phi) is 3.27. The first-order valence-electron chi connectivity index (χ1n) is 7.24. The van der Waals surface area contributed by atoms with Crippen LogP contribution in [0.2, 0.25) is 0 Å². The van der Waals surface area contributed by atoms with E-state index < -0.39 is 0 Å². The van der Waals surface area contributed by atoms with Crippen LogP contribution in [0.1, 0.15) is 44.2 Å². The van der Waals surface area contributed by atoms with Gasteiger partial charge in [0.2, 0.25) is 0 Å². The van der Waals surface area contributed by atoms with Crippen LogP contribution < -0.4 is 4.90 Å². The third-order valence-electron chi connectivity index (χ3n) is 4.40. The molecule has 1 aromatic heterocycles. The van der Waals surface area contributed by atoms with Crippen LogP contribution in [0, 0.1) is 0 Å². The highest BCUT2D eigenvalue weighted by Crippen LogP contribution is 2.42. The van der Waals surface area contributed by atoms with E-state index >= 15 is 0 Å². The Balaban J connectivity index is 1.93. The van der Waals surface area contributed by atoms with Crippen molar-refractivity contribution in [3.63, 3.8) is 0 Å². The highest BCUT2D eigenvalue weighted by Gasteiger charge is 2.33. The van der Waals surface area contributed by atoms with Crippen LogP contribution in [0.25, 0.3) is 0 Å². The van der Waals surface area contributed by atoms with Gasteiger partial charge in [0.05, 0.1) is 6.21 Å². The Morgan fingerprint density at radius 2 is 2.00 bits per heavy atom. The third kappa shape index (κ3) is 2.55. The van der Waals surface area contributed by atoms with Crippen molar-refractivity contribution in [1.82, 2.24) is 14.9 Å². The molecule has 2 aromatic rings. The number of aromatic nitrogens is 3. The smallest absolute Gasteiger partial charge is 0.141 e. The normalized spacial score (nSPS) is 20.8. The number of anilines is 1. The van der Waals surface area contributed by atoms with E-state index in [9.17, 15) is 0 Å². The molecule has 21 heavy (non-hydrogen) atoms. The van der Waals surface area contributed by atoms with E-state index in [1.54, 1.807) is 17.3 Å². The van der Waals surface area contributed by atoms with Gasteiger partial charge in [-0.3, -0.25) is 0 Å². The van der Waals surface area contributed by atoms with Gasteiger partial charge in [0, 0.05) is 18.3 Å². The Morgan fingerprint density at radius 3 is 2.71 bits per heavy atom. The Labute approximate surface area is 125 Å². The maximum Gasteiger partial charge on any atom is 0.141 e. The summed E-state index contributed by atoms with van der Waals surface area (Å²) in [5.74, 6) is 0.550. The third-order valence-corrected chi connectivity index (χ3v) is 4.40. The molecule has 1 unspecified atom stereocenters. The summed E-state index contributed by atoms with van der Waals surface area (Å²) in [6, 6.07) is 6.54. The van der Waals surface area contributed by atoms with Crippen molar-refractivity contribution >= 4 is 11.9 Å². The molecule has 0 radical (unpaired) electrons. The molecule has 1 aromatic carbocycles. The zero-order valence-electron chi connectivity index (χ0n) is 13.0. The fourth-order valence-corrected chi connectivity index (χ4v) is 3.06. The molecule has 1 aliphatic heterocycles. The van der Waals surface area contributed by atoms with E-state index in [1.165, 1.54) is 11.3 Å². The first kappa shape index (κ1) is 13.8. The molecule has 0 fully saturated rings. The van der Waals surface area contributed by atoms with Crippen LogP contribution in [0.4, 0.5) is 5.69 Å². The summed E-state index contributed by atoms with van der Waals surface area (Å²) in [5, 5.41) is 11.8. The summed E-state index contributed by atoms with van der Waals surface area (Å²) in [6.07, 6.45) is 6.15. The van der Waals surface area contributed by atoms with Crippen molar-refractivity contribution < 1.29 is 0 Å². The lowest BCUT2D eigenvalue weighted by atomic mass is 9.80. The Bertz CT molecular complexity index is 657. The van der Waals surface area contributed by atoms with Crippen molar-refractivity contribution in [2.24, 2.45) is 5.10 Å². The predicted molar refractivity (Wildman–Crippen MR) is 85.0 cm³/mol. The predicted octanol–water partition coefficient (Wildman–Crippen LogP) is 2.88. The largest absolute Gasteiger partial charge is 0.369 e. The lowest BCUT2D eigenvalue weighted by molar-refractivity contribution is 0.395. The molecule has 1 atom stereocenters. The van der Waals surface area contributed by atoms with Crippen molar-refractivity contribution in [3.05, 3.63) is 42.0 Å². The molecule has 110 valence electrons. The van der Waals surface area contributed by atoms with Gasteiger partial charge in [-0.1, -0.05) is 13.0 Å². The van der Waals surface area contributed by atoms with Crippen LogP contribution in [0.15, 0.2) is 36.0 Å². The first-order valence-corrected chi connectivity index (χ1v) is 7.24. The van der Waals surface area contributed by atoms with Crippen LogP contribution >= 0.6 is 0 Å². The lowest BCUT2D eigenvalue weighted by Gasteiger charge is -2.45. The van der Waals surface area contributed by atoms with Gasteiger partial charge < -0.3 is 4.90 Å². The summed E-state index contributed by atoms with van der Waals surface area (Å²) in [6.45, 7) is 6.90. The van der Waals surface area contributed by atoms with Crippen LogP contribution in [-0.4, -0.2) is 33.7 Å². The van der Waals surface area contributed by atoms with Crippen molar-refractivity contribution in [1.29, 1.82) is 0 Å². The molecule has 0 amide bonds. The zero-order valence-corrected chi connectivity index (χ0v) is 13.0. The lowest BCUT2D eigenvalue weighted by Crippen LogP contribution is -2.45. The van der Waals surface area contributed by atoms with E-state index in [0.29, 0.717) is 5.92 Å². The molecule has 5 nitrogen and oxygen atoms in total. The first-order chi connectivity index (χ1) is 9.97. The molecule has 0 saturated heterocycles.